The summed E-state index contributed by atoms with van der Waals surface area (Å²) in [5.41, 5.74) is 0.781. The van der Waals surface area contributed by atoms with Gasteiger partial charge in [0, 0.05) is 20.0 Å². The highest BCUT2D eigenvalue weighted by atomic mass is 16.5. The minimum atomic E-state index is 0.351. The number of ketones is 1. The van der Waals surface area contributed by atoms with E-state index in [1.165, 1.54) is 25.7 Å². The highest BCUT2D eigenvalue weighted by Gasteiger charge is 2.55. The molecule has 120 valence electrons. The highest BCUT2D eigenvalue weighted by Crippen LogP contribution is 2.62. The predicted molar refractivity (Wildman–Crippen MR) is 85.1 cm³/mol. The molecule has 21 heavy (non-hydrogen) atoms. The molecular weight excluding hydrogens is 260 g/mol. The molecule has 0 aliphatic heterocycles. The third kappa shape index (κ3) is 2.38. The van der Waals surface area contributed by atoms with Crippen molar-refractivity contribution in [2.24, 2.45) is 34.5 Å². The van der Waals surface area contributed by atoms with Gasteiger partial charge in [0.2, 0.25) is 0 Å². The van der Waals surface area contributed by atoms with Crippen molar-refractivity contribution < 1.29 is 9.53 Å². The molecule has 0 radical (unpaired) electrons. The Balaban J connectivity index is 1.83. The maximum Gasteiger partial charge on any atom is 0.133 e. The van der Waals surface area contributed by atoms with Crippen LogP contribution in [0.15, 0.2) is 0 Å². The largest absolute Gasteiger partial charge is 0.384 e. The van der Waals surface area contributed by atoms with E-state index in [1.807, 2.05) is 7.11 Å². The molecule has 0 N–H and O–H groups in total. The molecule has 0 bridgehead atoms. The van der Waals surface area contributed by atoms with E-state index < -0.39 is 0 Å². The molecule has 1 unspecified atom stereocenters. The Morgan fingerprint density at radius 1 is 1.19 bits per heavy atom. The second-order valence-corrected chi connectivity index (χ2v) is 8.71. The van der Waals surface area contributed by atoms with Gasteiger partial charge in [0.1, 0.15) is 5.78 Å². The van der Waals surface area contributed by atoms with Gasteiger partial charge < -0.3 is 4.74 Å². The molecule has 3 rings (SSSR count). The number of hydrogen-bond donors (Lipinski definition) is 0. The van der Waals surface area contributed by atoms with E-state index in [2.05, 4.69) is 20.8 Å². The maximum absolute atomic E-state index is 11.9. The van der Waals surface area contributed by atoms with Crippen LogP contribution in [-0.4, -0.2) is 19.5 Å². The summed E-state index contributed by atoms with van der Waals surface area (Å²) in [7, 11) is 1.84. The summed E-state index contributed by atoms with van der Waals surface area (Å²) in [5.74, 6) is 3.60. The average molecular weight is 292 g/mol. The first-order valence-electron chi connectivity index (χ1n) is 8.91. The van der Waals surface area contributed by atoms with Crippen molar-refractivity contribution in [1.29, 1.82) is 0 Å². The summed E-state index contributed by atoms with van der Waals surface area (Å²) in [6.45, 7) is 8.30. The molecule has 3 saturated carbocycles. The zero-order chi connectivity index (χ0) is 15.3. The van der Waals surface area contributed by atoms with Crippen LogP contribution in [0.2, 0.25) is 0 Å². The monoisotopic (exact) mass is 292 g/mol. The quantitative estimate of drug-likeness (QED) is 0.750. The fourth-order valence-corrected chi connectivity index (χ4v) is 6.13. The lowest BCUT2D eigenvalue weighted by Gasteiger charge is -2.60. The number of carbonyl (C=O) groups is 1. The SMILES string of the molecule is COC[C@@]1(C)CC[C@H]2[C@@H](CC[C@@H]3CC(=O)CC[C@@]32C)C1C. The summed E-state index contributed by atoms with van der Waals surface area (Å²) in [4.78, 5) is 11.9. The van der Waals surface area contributed by atoms with Gasteiger partial charge in [-0.3, -0.25) is 4.79 Å². The Hall–Kier alpha value is -0.370. The van der Waals surface area contributed by atoms with E-state index >= 15 is 0 Å². The molecule has 0 heterocycles. The smallest absolute Gasteiger partial charge is 0.133 e. The summed E-state index contributed by atoms with van der Waals surface area (Å²) < 4.78 is 5.54. The lowest BCUT2D eigenvalue weighted by molar-refractivity contribution is -0.142. The van der Waals surface area contributed by atoms with E-state index in [1.54, 1.807) is 0 Å². The van der Waals surface area contributed by atoms with Crippen LogP contribution in [0.3, 0.4) is 0 Å². The fourth-order valence-electron chi connectivity index (χ4n) is 6.13. The van der Waals surface area contributed by atoms with Crippen LogP contribution in [0.25, 0.3) is 0 Å². The van der Waals surface area contributed by atoms with Crippen LogP contribution < -0.4 is 0 Å². The first-order valence-corrected chi connectivity index (χ1v) is 8.91. The molecule has 0 saturated heterocycles. The molecule has 0 amide bonds. The van der Waals surface area contributed by atoms with Gasteiger partial charge in [-0.05, 0) is 66.6 Å². The van der Waals surface area contributed by atoms with Gasteiger partial charge >= 0.3 is 0 Å². The van der Waals surface area contributed by atoms with Crippen LogP contribution in [0.4, 0.5) is 0 Å². The molecule has 6 atom stereocenters. The highest BCUT2D eigenvalue weighted by molar-refractivity contribution is 5.79. The van der Waals surface area contributed by atoms with E-state index in [4.69, 9.17) is 4.74 Å². The molecule has 3 fully saturated rings. The van der Waals surface area contributed by atoms with E-state index in [9.17, 15) is 4.79 Å². The molecule has 3 aliphatic carbocycles. The lowest BCUT2D eigenvalue weighted by atomic mass is 9.45. The van der Waals surface area contributed by atoms with Crippen LogP contribution in [-0.2, 0) is 9.53 Å². The Bertz CT molecular complexity index is 418. The minimum Gasteiger partial charge on any atom is -0.384 e. The van der Waals surface area contributed by atoms with Crippen molar-refractivity contribution in [2.75, 3.05) is 13.7 Å². The number of carbonyl (C=O) groups excluding carboxylic acids is 1. The summed E-state index contributed by atoms with van der Waals surface area (Å²) >= 11 is 0. The third-order valence-corrected chi connectivity index (χ3v) is 7.80. The fraction of sp³-hybridized carbons (Fsp3) is 0.947. The van der Waals surface area contributed by atoms with Gasteiger partial charge in [-0.25, -0.2) is 0 Å². The number of ether oxygens (including phenoxy) is 1. The summed E-state index contributed by atoms with van der Waals surface area (Å²) in [6, 6.07) is 0. The van der Waals surface area contributed by atoms with Crippen molar-refractivity contribution in [2.45, 2.75) is 65.7 Å². The zero-order valence-electron chi connectivity index (χ0n) is 14.3. The Kier molecular flexibility index (Phi) is 3.97. The Morgan fingerprint density at radius 3 is 2.67 bits per heavy atom. The van der Waals surface area contributed by atoms with Crippen LogP contribution in [0.5, 0.6) is 0 Å². The molecule has 0 aromatic carbocycles. The summed E-state index contributed by atoms with van der Waals surface area (Å²) in [5, 5.41) is 0. The number of methoxy groups -OCH3 is 1. The third-order valence-electron chi connectivity index (χ3n) is 7.80. The summed E-state index contributed by atoms with van der Waals surface area (Å²) in [6.07, 6.45) is 8.08. The van der Waals surface area contributed by atoms with Gasteiger partial charge in [-0.2, -0.15) is 0 Å². The van der Waals surface area contributed by atoms with Crippen LogP contribution in [0.1, 0.15) is 65.7 Å². The van der Waals surface area contributed by atoms with Gasteiger partial charge in [0.15, 0.2) is 0 Å². The first-order chi connectivity index (χ1) is 9.90. The number of hydrogen-bond acceptors (Lipinski definition) is 2. The van der Waals surface area contributed by atoms with E-state index in [0.29, 0.717) is 22.5 Å². The molecule has 2 nitrogen and oxygen atoms in total. The number of rotatable bonds is 2. The van der Waals surface area contributed by atoms with Gasteiger partial charge in [-0.15, -0.1) is 0 Å². The van der Waals surface area contributed by atoms with Crippen LogP contribution in [0, 0.1) is 34.5 Å². The van der Waals surface area contributed by atoms with Crippen molar-refractivity contribution in [3.63, 3.8) is 0 Å². The average Bonchev–Trinajstić information content (AvgIpc) is 2.44. The molecular formula is C19H32O2. The first kappa shape index (κ1) is 15.5. The topological polar surface area (TPSA) is 26.3 Å². The maximum atomic E-state index is 11.9. The molecule has 0 spiro atoms. The molecule has 0 aromatic rings. The van der Waals surface area contributed by atoms with Gasteiger partial charge in [-0.1, -0.05) is 20.8 Å². The molecule has 2 heteroatoms. The minimum absolute atomic E-state index is 0.351. The Labute approximate surface area is 130 Å². The van der Waals surface area contributed by atoms with Crippen molar-refractivity contribution in [3.05, 3.63) is 0 Å². The number of fused-ring (bicyclic) bond motifs is 3. The van der Waals surface area contributed by atoms with Crippen LogP contribution >= 0.6 is 0 Å². The zero-order valence-corrected chi connectivity index (χ0v) is 14.3. The molecule has 3 aliphatic rings. The van der Waals surface area contributed by atoms with Crippen molar-refractivity contribution in [1.82, 2.24) is 0 Å². The van der Waals surface area contributed by atoms with Gasteiger partial charge in [0.25, 0.3) is 0 Å². The molecule has 0 aromatic heterocycles. The van der Waals surface area contributed by atoms with E-state index in [0.717, 1.165) is 43.6 Å². The normalized spacial score (nSPS) is 50.4. The second-order valence-electron chi connectivity index (χ2n) is 8.71. The standard InChI is InChI=1S/C19H32O2/c1-13-16-6-5-14-11-15(20)7-10-19(14,3)17(16)8-9-18(13,2)12-21-4/h13-14,16-17H,5-12H2,1-4H3/t13?,14-,16+,17+,18-,19+/m1/s1. The number of Topliss-reactive ketones (excluding diaryl/α,β-unsaturated/α-hetero) is 1. The van der Waals surface area contributed by atoms with Crippen molar-refractivity contribution >= 4 is 5.78 Å². The Morgan fingerprint density at radius 2 is 1.95 bits per heavy atom. The van der Waals surface area contributed by atoms with E-state index in [-0.39, 0.29) is 0 Å². The lowest BCUT2D eigenvalue weighted by Crippen LogP contribution is -2.54. The predicted octanol–water partition coefficient (Wildman–Crippen LogP) is 4.47. The van der Waals surface area contributed by atoms with Gasteiger partial charge in [0.05, 0.1) is 6.61 Å². The van der Waals surface area contributed by atoms with Crippen molar-refractivity contribution in [3.8, 4) is 0 Å². The second kappa shape index (κ2) is 5.37.